The van der Waals surface area contributed by atoms with Crippen molar-refractivity contribution in [2.24, 2.45) is 11.8 Å². The molecule has 2 aliphatic rings. The molecule has 0 bridgehead atoms. The van der Waals surface area contributed by atoms with Gasteiger partial charge in [0.1, 0.15) is 5.78 Å². The third-order valence-corrected chi connectivity index (χ3v) is 5.61. The summed E-state index contributed by atoms with van der Waals surface area (Å²) in [4.78, 5) is 22.8. The number of ketones is 1. The number of ether oxygens (including phenoxy) is 2. The van der Waals surface area contributed by atoms with Crippen LogP contribution in [0.2, 0.25) is 0 Å². The lowest BCUT2D eigenvalue weighted by molar-refractivity contribution is -0.143. The second kappa shape index (κ2) is 5.66. The molecule has 120 valence electrons. The molecule has 3 unspecified atom stereocenters. The Morgan fingerprint density at radius 3 is 2.57 bits per heavy atom. The molecule has 0 spiro atoms. The fourth-order valence-electron chi connectivity index (χ4n) is 2.88. The van der Waals surface area contributed by atoms with E-state index in [1.54, 1.807) is 13.8 Å². The highest BCUT2D eigenvalue weighted by atomic mass is 32.2. The molecule has 21 heavy (non-hydrogen) atoms. The van der Waals surface area contributed by atoms with Gasteiger partial charge in [-0.1, -0.05) is 0 Å². The number of carbonyl (C=O) groups is 2. The van der Waals surface area contributed by atoms with Crippen molar-refractivity contribution in [3.63, 3.8) is 0 Å². The van der Waals surface area contributed by atoms with E-state index in [0.29, 0.717) is 0 Å². The van der Waals surface area contributed by atoms with E-state index in [1.807, 2.05) is 0 Å². The number of Topliss-reactive ketones (excluding diaryl/α,β-unsaturated/α-hetero) is 1. The van der Waals surface area contributed by atoms with E-state index in [2.05, 4.69) is 0 Å². The molecule has 0 aromatic rings. The number of hydrogen-bond donors (Lipinski definition) is 1. The van der Waals surface area contributed by atoms with Crippen LogP contribution in [0.15, 0.2) is 0 Å². The number of rotatable bonds is 5. The van der Waals surface area contributed by atoms with Crippen LogP contribution < -0.4 is 0 Å². The predicted molar refractivity (Wildman–Crippen MR) is 72.4 cm³/mol. The molecule has 0 aromatic carbocycles. The van der Waals surface area contributed by atoms with Crippen molar-refractivity contribution in [1.82, 2.24) is 0 Å². The van der Waals surface area contributed by atoms with Gasteiger partial charge >= 0.3 is 5.97 Å². The van der Waals surface area contributed by atoms with Gasteiger partial charge in [0, 0.05) is 12.3 Å². The van der Waals surface area contributed by atoms with E-state index in [0.717, 1.165) is 0 Å². The number of aliphatic carboxylic acids is 1. The highest BCUT2D eigenvalue weighted by Crippen LogP contribution is 2.31. The van der Waals surface area contributed by atoms with Crippen molar-refractivity contribution in [3.05, 3.63) is 0 Å². The first-order valence-electron chi connectivity index (χ1n) is 6.87. The van der Waals surface area contributed by atoms with E-state index >= 15 is 0 Å². The molecule has 1 aliphatic heterocycles. The highest BCUT2D eigenvalue weighted by molar-refractivity contribution is 7.91. The summed E-state index contributed by atoms with van der Waals surface area (Å²) in [6.07, 6.45) is -0.234. The second-order valence-corrected chi connectivity index (χ2v) is 8.24. The Hall–Kier alpha value is -0.990. The largest absolute Gasteiger partial charge is 0.481 e. The summed E-state index contributed by atoms with van der Waals surface area (Å²) < 4.78 is 35.1. The number of carbonyl (C=O) groups excluding carboxylic acids is 1. The summed E-state index contributed by atoms with van der Waals surface area (Å²) in [6, 6.07) is 0. The molecular formula is C13H20O7S. The first-order valence-corrected chi connectivity index (χ1v) is 8.69. The Kier molecular flexibility index (Phi) is 4.41. The summed E-state index contributed by atoms with van der Waals surface area (Å²) >= 11 is 0. The van der Waals surface area contributed by atoms with Crippen LogP contribution in [0, 0.1) is 11.8 Å². The zero-order valence-electron chi connectivity index (χ0n) is 12.1. The molecule has 1 aliphatic carbocycles. The number of hydrogen-bond acceptors (Lipinski definition) is 6. The molecule has 2 fully saturated rings. The van der Waals surface area contributed by atoms with Crippen LogP contribution in [0.1, 0.15) is 26.7 Å². The summed E-state index contributed by atoms with van der Waals surface area (Å²) in [5, 5.41) is 9.06. The van der Waals surface area contributed by atoms with E-state index in [4.69, 9.17) is 14.6 Å². The lowest BCUT2D eigenvalue weighted by atomic mass is 9.98. The van der Waals surface area contributed by atoms with E-state index < -0.39 is 45.3 Å². The van der Waals surface area contributed by atoms with E-state index in [1.165, 1.54) is 0 Å². The molecule has 2 rings (SSSR count). The smallest absolute Gasteiger partial charge is 0.307 e. The van der Waals surface area contributed by atoms with Crippen LogP contribution in [0.4, 0.5) is 0 Å². The van der Waals surface area contributed by atoms with Gasteiger partial charge in [0.05, 0.1) is 30.1 Å². The monoisotopic (exact) mass is 320 g/mol. The molecule has 8 heteroatoms. The minimum absolute atomic E-state index is 0.132. The van der Waals surface area contributed by atoms with Crippen molar-refractivity contribution in [2.75, 3.05) is 18.1 Å². The van der Waals surface area contributed by atoms with Gasteiger partial charge in [-0.2, -0.15) is 0 Å². The molecular weight excluding hydrogens is 300 g/mol. The fraction of sp³-hybridized carbons (Fsp3) is 0.846. The Morgan fingerprint density at radius 2 is 2.05 bits per heavy atom. The van der Waals surface area contributed by atoms with Gasteiger partial charge in [0.15, 0.2) is 15.6 Å². The Labute approximate surface area is 123 Å². The number of carboxylic acid groups (broad SMARTS) is 1. The quantitative estimate of drug-likeness (QED) is 0.772. The number of carboxylic acids is 1. The second-order valence-electron chi connectivity index (χ2n) is 6.08. The van der Waals surface area contributed by atoms with Gasteiger partial charge in [-0.25, -0.2) is 8.42 Å². The van der Waals surface area contributed by atoms with Crippen LogP contribution in [0.5, 0.6) is 0 Å². The summed E-state index contributed by atoms with van der Waals surface area (Å²) in [7, 11) is -3.59. The fourth-order valence-corrected chi connectivity index (χ4v) is 4.72. The van der Waals surface area contributed by atoms with Crippen molar-refractivity contribution in [2.45, 2.75) is 38.6 Å². The molecule has 0 aromatic heterocycles. The highest BCUT2D eigenvalue weighted by Gasteiger charge is 2.43. The molecule has 0 radical (unpaired) electrons. The third-order valence-electron chi connectivity index (χ3n) is 3.86. The Bertz CT molecular complexity index is 537. The van der Waals surface area contributed by atoms with Crippen LogP contribution in [0.25, 0.3) is 0 Å². The lowest BCUT2D eigenvalue weighted by Crippen LogP contribution is -2.34. The van der Waals surface area contributed by atoms with Gasteiger partial charge in [0.2, 0.25) is 0 Å². The summed E-state index contributed by atoms with van der Waals surface area (Å²) in [6.45, 7) is 3.56. The molecule has 1 saturated carbocycles. The zero-order valence-corrected chi connectivity index (χ0v) is 12.9. The van der Waals surface area contributed by atoms with Gasteiger partial charge in [-0.05, 0) is 20.3 Å². The lowest BCUT2D eigenvalue weighted by Gasteiger charge is -2.18. The summed E-state index contributed by atoms with van der Waals surface area (Å²) in [5.74, 6) is -4.73. The zero-order chi connectivity index (χ0) is 15.8. The average Bonchev–Trinajstić information content (AvgIpc) is 2.82. The molecule has 1 heterocycles. The topological polar surface area (TPSA) is 107 Å². The molecule has 0 amide bonds. The molecule has 3 atom stereocenters. The normalized spacial score (nSPS) is 32.5. The Balaban J connectivity index is 2.00. The summed E-state index contributed by atoms with van der Waals surface area (Å²) in [5.41, 5.74) is 0. The first kappa shape index (κ1) is 16.4. The Morgan fingerprint density at radius 1 is 1.38 bits per heavy atom. The molecule has 1 saturated heterocycles. The number of sulfone groups is 1. The maximum absolute atomic E-state index is 12.2. The third kappa shape index (κ3) is 4.02. The van der Waals surface area contributed by atoms with Crippen LogP contribution in [-0.2, 0) is 28.9 Å². The van der Waals surface area contributed by atoms with Gasteiger partial charge < -0.3 is 14.6 Å². The maximum Gasteiger partial charge on any atom is 0.307 e. The van der Waals surface area contributed by atoms with Gasteiger partial charge in [-0.3, -0.25) is 9.59 Å². The van der Waals surface area contributed by atoms with Gasteiger partial charge in [-0.15, -0.1) is 0 Å². The van der Waals surface area contributed by atoms with Crippen molar-refractivity contribution in [1.29, 1.82) is 0 Å². The minimum atomic E-state index is -3.59. The van der Waals surface area contributed by atoms with Gasteiger partial charge in [0.25, 0.3) is 0 Å². The van der Waals surface area contributed by atoms with E-state index in [-0.39, 0.29) is 31.0 Å². The van der Waals surface area contributed by atoms with Crippen LogP contribution >= 0.6 is 0 Å². The predicted octanol–water partition coefficient (Wildman–Crippen LogP) is 0.233. The molecule has 1 N–H and O–H groups in total. The molecule has 7 nitrogen and oxygen atoms in total. The van der Waals surface area contributed by atoms with Crippen LogP contribution in [0.3, 0.4) is 0 Å². The van der Waals surface area contributed by atoms with Crippen molar-refractivity contribution < 1.29 is 32.6 Å². The average molecular weight is 320 g/mol. The SMILES string of the molecule is CC1(C)OCC(CS(=O)(=O)CC2C(=O)CCC2C(=O)O)O1. The minimum Gasteiger partial charge on any atom is -0.481 e. The maximum atomic E-state index is 12.2. The standard InChI is InChI=1S/C13H20O7S/c1-13(2)19-5-8(20-13)6-21(17,18)7-10-9(12(15)16)3-4-11(10)14/h8-10H,3-7H2,1-2H3,(H,15,16). The van der Waals surface area contributed by atoms with Crippen molar-refractivity contribution >= 4 is 21.6 Å². The van der Waals surface area contributed by atoms with Crippen LogP contribution in [-0.4, -0.2) is 55.3 Å². The first-order chi connectivity index (χ1) is 9.60. The van der Waals surface area contributed by atoms with E-state index in [9.17, 15) is 18.0 Å². The van der Waals surface area contributed by atoms with Crippen molar-refractivity contribution in [3.8, 4) is 0 Å².